The van der Waals surface area contributed by atoms with Crippen LogP contribution < -0.4 is 26.4 Å². The number of carbonyl (C=O) groups is 2. The van der Waals surface area contributed by atoms with Crippen LogP contribution in [0.4, 0.5) is 105 Å². The number of pyridine rings is 1. The molecule has 3 nitrogen and oxygen atoms in total. The van der Waals surface area contributed by atoms with E-state index >= 15 is 0 Å². The normalized spacial score (nSPS) is 13.1. The Labute approximate surface area is 529 Å². The number of carbonyl (C=O) groups excluding carboxylic acids is 2. The van der Waals surface area contributed by atoms with Gasteiger partial charge < -0.3 is 0 Å². The van der Waals surface area contributed by atoms with Crippen LogP contribution in [0, 0.1) is 0 Å². The minimum atomic E-state index is -6.13. The van der Waals surface area contributed by atoms with Crippen molar-refractivity contribution in [3.05, 3.63) is 195 Å². The Morgan fingerprint density at radius 3 is 0.884 bits per heavy atom. The highest BCUT2D eigenvalue weighted by molar-refractivity contribution is 7.20. The number of Topliss-reactive ketones (excluding diaryl/α,β-unsaturated/α-hetero) is 2. The second-order valence-electron chi connectivity index (χ2n) is 23.0. The molecular formula is C67H60BF24NO2. The number of para-hydroxylation sites is 1. The zero-order valence-electron chi connectivity index (χ0n) is 50.2. The number of benzene rings is 6. The first kappa shape index (κ1) is 76.5. The van der Waals surface area contributed by atoms with E-state index in [0.29, 0.717) is 17.7 Å². The summed E-state index contributed by atoms with van der Waals surface area (Å²) in [6.07, 6.45) is -34.6. The highest BCUT2D eigenvalue weighted by atomic mass is 19.4. The molecule has 0 aliphatic carbocycles. The predicted octanol–water partition coefficient (Wildman–Crippen LogP) is 20.7. The molecule has 0 saturated carbocycles. The summed E-state index contributed by atoms with van der Waals surface area (Å²) in [6.45, 7) is 2.45. The zero-order chi connectivity index (χ0) is 70.8. The van der Waals surface area contributed by atoms with Gasteiger partial charge in [-0.05, 0) is 42.8 Å². The van der Waals surface area contributed by atoms with E-state index in [4.69, 9.17) is 0 Å². The van der Waals surface area contributed by atoms with Gasteiger partial charge in [-0.25, -0.2) is 0 Å². The largest absolute Gasteiger partial charge is 0.416 e. The van der Waals surface area contributed by atoms with E-state index in [-0.39, 0.29) is 18.1 Å². The maximum Gasteiger partial charge on any atom is 0.416 e. The van der Waals surface area contributed by atoms with E-state index in [1.165, 1.54) is 83.5 Å². The van der Waals surface area contributed by atoms with Gasteiger partial charge in [0.25, 0.3) is 0 Å². The average molecular weight is 1380 g/mol. The number of fused-ring (bicyclic) bond motifs is 1. The number of nitrogens with zero attached hydrogens (tertiary/aromatic N) is 1. The first-order valence-corrected chi connectivity index (χ1v) is 29.9. The minimum Gasteiger partial charge on any atom is -0.287 e. The van der Waals surface area contributed by atoms with Crippen molar-refractivity contribution in [2.75, 3.05) is 0 Å². The molecule has 95 heavy (non-hydrogen) atoms. The van der Waals surface area contributed by atoms with Crippen molar-refractivity contribution < 1.29 is 120 Å². The third-order valence-corrected chi connectivity index (χ3v) is 16.1. The molecule has 6 aromatic carbocycles. The third kappa shape index (κ3) is 20.5. The molecule has 0 amide bonds. The Morgan fingerprint density at radius 1 is 0.316 bits per heavy atom. The van der Waals surface area contributed by atoms with Crippen LogP contribution in [-0.2, 0) is 56.0 Å². The van der Waals surface area contributed by atoms with Crippen LogP contribution >= 0.6 is 0 Å². The summed E-state index contributed by atoms with van der Waals surface area (Å²) in [5.74, 6) is 0.152. The fourth-order valence-electron chi connectivity index (χ4n) is 11.4. The Kier molecular flexibility index (Phi) is 24.7. The molecule has 1 aromatic heterocycles. The lowest BCUT2D eigenvalue weighted by Crippen LogP contribution is -2.75. The molecule has 516 valence electrons. The maximum absolute atomic E-state index is 14.2. The van der Waals surface area contributed by atoms with Crippen molar-refractivity contribution >= 4 is 50.5 Å². The van der Waals surface area contributed by atoms with Crippen molar-refractivity contribution in [3.8, 4) is 0 Å². The van der Waals surface area contributed by atoms with Crippen LogP contribution in [-0.4, -0.2) is 17.7 Å². The van der Waals surface area contributed by atoms with Gasteiger partial charge in [-0.3, -0.25) is 9.59 Å². The fourth-order valence-corrected chi connectivity index (χ4v) is 11.4. The smallest absolute Gasteiger partial charge is 0.287 e. The second-order valence-corrected chi connectivity index (χ2v) is 23.0. The highest BCUT2D eigenvalue weighted by Gasteiger charge is 2.47. The Morgan fingerprint density at radius 2 is 0.589 bits per heavy atom. The number of hydrogen-bond donors (Lipinski definition) is 0. The zero-order valence-corrected chi connectivity index (χ0v) is 50.2. The third-order valence-electron chi connectivity index (χ3n) is 16.1. The molecule has 0 spiro atoms. The number of halogens is 24. The molecule has 0 aliphatic rings. The SMILES string of the molecule is CCCCCCCCCCCCCCCCCC(=O)c1ccc2ccccc2[n+]1CC(=O)c1ccccc1.FC(F)(F)c1cc([B-](c2cc(C(F)(F)F)cc(C(F)(F)F)c2)(c2cc(C(F)(F)F)cc(C(F)(F)F)c2)c2cc(C(F)(F)F)cc(C(F)(F)F)c2)cc(C(F)(F)F)c1. The monoisotopic (exact) mass is 1380 g/mol. The van der Waals surface area contributed by atoms with Crippen LogP contribution in [0.2, 0.25) is 0 Å². The molecule has 0 radical (unpaired) electrons. The van der Waals surface area contributed by atoms with Gasteiger partial charge in [0, 0.05) is 29.5 Å². The van der Waals surface area contributed by atoms with E-state index < -0.39 is 195 Å². The average Bonchev–Trinajstić information content (AvgIpc) is 0.709. The van der Waals surface area contributed by atoms with Gasteiger partial charge in [0.1, 0.15) is 6.15 Å². The number of ketones is 2. The molecular weight excluding hydrogens is 1320 g/mol. The van der Waals surface area contributed by atoms with E-state index in [2.05, 4.69) is 6.92 Å². The van der Waals surface area contributed by atoms with Crippen molar-refractivity contribution in [2.45, 2.75) is 166 Å². The van der Waals surface area contributed by atoms with Crippen molar-refractivity contribution in [3.63, 3.8) is 0 Å². The summed E-state index contributed by atoms with van der Waals surface area (Å²) in [7, 11) is 0. The molecule has 0 fully saturated rings. The van der Waals surface area contributed by atoms with Gasteiger partial charge in [-0.1, -0.05) is 188 Å². The molecule has 28 heteroatoms. The van der Waals surface area contributed by atoms with Crippen molar-refractivity contribution in [1.29, 1.82) is 0 Å². The second kappa shape index (κ2) is 30.7. The summed E-state index contributed by atoms with van der Waals surface area (Å²) < 4.78 is 343. The summed E-state index contributed by atoms with van der Waals surface area (Å²) >= 11 is 0. The first-order chi connectivity index (χ1) is 44.0. The summed E-state index contributed by atoms with van der Waals surface area (Å²) in [4.78, 5) is 26.2. The minimum absolute atomic E-state index is 0.0213. The lowest BCUT2D eigenvalue weighted by atomic mass is 9.12. The molecule has 0 atom stereocenters. The van der Waals surface area contributed by atoms with Crippen molar-refractivity contribution in [1.82, 2.24) is 0 Å². The quantitative estimate of drug-likeness (QED) is 0.0199. The molecule has 7 rings (SSSR count). The first-order valence-electron chi connectivity index (χ1n) is 29.9. The summed E-state index contributed by atoms with van der Waals surface area (Å²) in [5.41, 5.74) is -28.0. The van der Waals surface area contributed by atoms with Gasteiger partial charge in [0.2, 0.25) is 29.3 Å². The lowest BCUT2D eigenvalue weighted by Gasteiger charge is -2.46. The topological polar surface area (TPSA) is 38.0 Å². The van der Waals surface area contributed by atoms with E-state index in [1.807, 2.05) is 71.3 Å². The van der Waals surface area contributed by atoms with Gasteiger partial charge in [0.15, 0.2) is 0 Å². The lowest BCUT2D eigenvalue weighted by molar-refractivity contribution is -0.659. The van der Waals surface area contributed by atoms with E-state index in [0.717, 1.165) is 23.7 Å². The molecule has 1 heterocycles. The Bertz CT molecular complexity index is 3290. The van der Waals surface area contributed by atoms with Crippen LogP contribution in [0.25, 0.3) is 10.9 Å². The predicted molar refractivity (Wildman–Crippen MR) is 309 cm³/mol. The number of alkyl halides is 24. The molecule has 0 unspecified atom stereocenters. The number of hydrogen-bond acceptors (Lipinski definition) is 2. The van der Waals surface area contributed by atoms with Crippen LogP contribution in [0.1, 0.15) is 175 Å². The van der Waals surface area contributed by atoms with Crippen LogP contribution in [0.5, 0.6) is 0 Å². The van der Waals surface area contributed by atoms with Gasteiger partial charge in [-0.15, -0.1) is 0 Å². The van der Waals surface area contributed by atoms with Gasteiger partial charge in [0.05, 0.1) is 44.5 Å². The van der Waals surface area contributed by atoms with Crippen molar-refractivity contribution in [2.24, 2.45) is 0 Å². The molecule has 0 aliphatic heterocycles. The van der Waals surface area contributed by atoms with Gasteiger partial charge >= 0.3 is 49.4 Å². The van der Waals surface area contributed by atoms with Gasteiger partial charge in [-0.2, -0.15) is 132 Å². The maximum atomic E-state index is 14.2. The fraction of sp³-hybridized carbons (Fsp3) is 0.388. The number of aromatic nitrogens is 1. The molecule has 0 N–H and O–H groups in total. The number of rotatable bonds is 24. The van der Waals surface area contributed by atoms with Crippen LogP contribution in [0.3, 0.4) is 0 Å². The standard InChI is InChI=1S/C35H48NO2.C32H12BF24/c1-2-3-4-5-6-7-8-9-10-11-12-13-14-15-19-26-34(37)33-28-27-30-22-20-21-25-32(30)36(33)29-35(38)31-23-17-16-18-24-31;34-25(35,36)13-1-14(26(37,38)39)6-21(5-13)33(22-7-15(27(40,41)42)2-16(8-22)28(43,44)45,23-9-17(29(46,47)48)3-18(10-23)30(49,50)51)24-11-19(31(52,53)54)4-20(12-24)32(55,56)57/h16-18,20-25,27-28H,2-15,19,26,29H2,1H3;1-12H/q+1;-1. The highest BCUT2D eigenvalue weighted by Crippen LogP contribution is 2.42. The van der Waals surface area contributed by atoms with E-state index in [9.17, 15) is 115 Å². The van der Waals surface area contributed by atoms with Crippen LogP contribution in [0.15, 0.2) is 140 Å². The molecule has 0 saturated heterocycles. The summed E-state index contributed by atoms with van der Waals surface area (Å²) in [5, 5.41) is 1.04. The van der Waals surface area contributed by atoms with E-state index in [1.54, 1.807) is 0 Å². The Hall–Kier alpha value is -7.55. The summed E-state index contributed by atoms with van der Waals surface area (Å²) in [6, 6.07) is 12.4. The number of unbranched alkanes of at least 4 members (excludes halogenated alkanes) is 14. The Balaban J connectivity index is 0.000000326. The molecule has 0 bridgehead atoms. The molecule has 7 aromatic rings.